The Labute approximate surface area is 181 Å². The normalized spacial score (nSPS) is 15.5. The molecule has 1 aliphatic heterocycles. The molecule has 0 radical (unpaired) electrons. The molecule has 0 bridgehead atoms. The lowest BCUT2D eigenvalue weighted by Crippen LogP contribution is -2.27. The minimum atomic E-state index is -0.299. The molecule has 3 aromatic rings. The molecule has 0 spiro atoms. The first-order valence-electron chi connectivity index (χ1n) is 8.83. The van der Waals surface area contributed by atoms with E-state index in [0.29, 0.717) is 20.8 Å². The van der Waals surface area contributed by atoms with E-state index in [1.807, 2.05) is 61.5 Å². The van der Waals surface area contributed by atoms with E-state index < -0.39 is 0 Å². The number of halogens is 1. The fraction of sp³-hybridized carbons (Fsp3) is 0.0909. The fourth-order valence-electron chi connectivity index (χ4n) is 2.81. The van der Waals surface area contributed by atoms with Crippen molar-refractivity contribution in [3.63, 3.8) is 0 Å². The second-order valence-corrected chi connectivity index (χ2v) is 8.91. The number of amides is 2. The highest BCUT2D eigenvalue weighted by Crippen LogP contribution is 2.35. The van der Waals surface area contributed by atoms with Gasteiger partial charge in [-0.05, 0) is 66.2 Å². The van der Waals surface area contributed by atoms with Crippen molar-refractivity contribution < 1.29 is 14.0 Å². The topological polar surface area (TPSA) is 50.5 Å². The Hall–Kier alpha value is -2.41. The van der Waals surface area contributed by atoms with Gasteiger partial charge in [0.1, 0.15) is 5.76 Å². The molecular weight excluding hydrogens is 426 g/mol. The molecule has 1 fully saturated rings. The molecule has 4 nitrogen and oxygen atoms in total. The molecule has 2 amide bonds. The first kappa shape index (κ1) is 19.9. The Bertz CT molecular complexity index is 1110. The molecular formula is C22H16ClNO3S2. The molecule has 1 aromatic heterocycles. The molecule has 0 N–H and O–H groups in total. The highest BCUT2D eigenvalue weighted by molar-refractivity contribution is 8.18. The number of thioether (sulfide) groups is 1. The second-order valence-electron chi connectivity index (χ2n) is 6.41. The highest BCUT2D eigenvalue weighted by Gasteiger charge is 2.35. The van der Waals surface area contributed by atoms with Gasteiger partial charge in [0.15, 0.2) is 5.09 Å². The number of carbonyl (C=O) groups excluding carboxylic acids is 2. The van der Waals surface area contributed by atoms with Crippen LogP contribution in [0.1, 0.15) is 16.9 Å². The van der Waals surface area contributed by atoms with Gasteiger partial charge in [-0.25, -0.2) is 0 Å². The van der Waals surface area contributed by atoms with Gasteiger partial charge < -0.3 is 4.42 Å². The minimum Gasteiger partial charge on any atom is -0.450 e. The lowest BCUT2D eigenvalue weighted by atomic mass is 10.1. The molecule has 0 saturated carbocycles. The minimum absolute atomic E-state index is 0.268. The largest absolute Gasteiger partial charge is 0.450 e. The van der Waals surface area contributed by atoms with E-state index in [2.05, 4.69) is 0 Å². The van der Waals surface area contributed by atoms with Gasteiger partial charge in [-0.3, -0.25) is 14.5 Å². The van der Waals surface area contributed by atoms with Crippen LogP contribution >= 0.6 is 35.1 Å². The maximum atomic E-state index is 12.7. The zero-order chi connectivity index (χ0) is 20.4. The van der Waals surface area contributed by atoms with Crippen LogP contribution in [0.2, 0.25) is 5.02 Å². The van der Waals surface area contributed by atoms with E-state index in [-0.39, 0.29) is 17.7 Å². The lowest BCUT2D eigenvalue weighted by Gasteiger charge is -2.14. The number of carbonyl (C=O) groups is 2. The SMILES string of the molecule is Cc1ccccc1CN1C(=O)S/C(=C\c2ccc(Sc3ccc(Cl)cc3)o2)C1=O. The molecule has 0 aliphatic carbocycles. The number of furan rings is 1. The lowest BCUT2D eigenvalue weighted by molar-refractivity contribution is -0.123. The average molecular weight is 442 g/mol. The smallest absolute Gasteiger partial charge is 0.293 e. The van der Waals surface area contributed by atoms with Gasteiger partial charge in [0.05, 0.1) is 11.4 Å². The third-order valence-electron chi connectivity index (χ3n) is 4.37. The Morgan fingerprint density at radius 2 is 1.83 bits per heavy atom. The summed E-state index contributed by atoms with van der Waals surface area (Å²) in [5.41, 5.74) is 2.00. The van der Waals surface area contributed by atoms with Crippen LogP contribution in [-0.4, -0.2) is 16.0 Å². The van der Waals surface area contributed by atoms with E-state index in [1.165, 1.54) is 16.7 Å². The van der Waals surface area contributed by atoms with Gasteiger partial charge >= 0.3 is 0 Å². The van der Waals surface area contributed by atoms with Crippen LogP contribution in [0.5, 0.6) is 0 Å². The van der Waals surface area contributed by atoms with Gasteiger partial charge in [0.25, 0.3) is 11.1 Å². The summed E-state index contributed by atoms with van der Waals surface area (Å²) in [5, 5.41) is 1.10. The summed E-state index contributed by atoms with van der Waals surface area (Å²) in [5.74, 6) is 0.231. The van der Waals surface area contributed by atoms with E-state index >= 15 is 0 Å². The Balaban J connectivity index is 1.48. The van der Waals surface area contributed by atoms with Crippen LogP contribution in [0.25, 0.3) is 6.08 Å². The molecule has 29 heavy (non-hydrogen) atoms. The standard InChI is InChI=1S/C22H16ClNO3S2/c1-14-4-2-3-5-15(14)13-24-21(25)19(29-22(24)26)12-17-8-11-20(27-17)28-18-9-6-16(23)7-10-18/h2-12H,13H2,1H3/b19-12-. The quantitative estimate of drug-likeness (QED) is 0.416. The summed E-state index contributed by atoms with van der Waals surface area (Å²) < 4.78 is 5.79. The predicted octanol–water partition coefficient (Wildman–Crippen LogP) is 6.63. The molecule has 1 aliphatic rings. The Morgan fingerprint density at radius 1 is 1.07 bits per heavy atom. The van der Waals surface area contributed by atoms with Crippen LogP contribution in [0.15, 0.2) is 80.0 Å². The van der Waals surface area contributed by atoms with Crippen LogP contribution in [0.4, 0.5) is 4.79 Å². The Morgan fingerprint density at radius 3 is 2.59 bits per heavy atom. The van der Waals surface area contributed by atoms with Crippen molar-refractivity contribution in [1.82, 2.24) is 4.90 Å². The van der Waals surface area contributed by atoms with Crippen LogP contribution in [0, 0.1) is 6.92 Å². The monoisotopic (exact) mass is 441 g/mol. The van der Waals surface area contributed by atoms with Crippen molar-refractivity contribution in [2.75, 3.05) is 0 Å². The average Bonchev–Trinajstić information content (AvgIpc) is 3.25. The maximum absolute atomic E-state index is 12.7. The predicted molar refractivity (Wildman–Crippen MR) is 117 cm³/mol. The summed E-state index contributed by atoms with van der Waals surface area (Å²) >= 11 is 8.29. The summed E-state index contributed by atoms with van der Waals surface area (Å²) in [4.78, 5) is 27.7. The molecule has 4 rings (SSSR count). The Kier molecular flexibility index (Phi) is 5.85. The first-order chi connectivity index (χ1) is 14.0. The zero-order valence-electron chi connectivity index (χ0n) is 15.4. The first-order valence-corrected chi connectivity index (χ1v) is 10.8. The van der Waals surface area contributed by atoms with Crippen molar-refractivity contribution in [3.05, 3.63) is 87.5 Å². The number of aryl methyl sites for hydroxylation is 1. The third-order valence-corrected chi connectivity index (χ3v) is 6.46. The number of rotatable bonds is 5. The van der Waals surface area contributed by atoms with E-state index in [0.717, 1.165) is 27.8 Å². The summed E-state index contributed by atoms with van der Waals surface area (Å²) in [7, 11) is 0. The van der Waals surface area contributed by atoms with Gasteiger partial charge in [-0.2, -0.15) is 0 Å². The van der Waals surface area contributed by atoms with Crippen LogP contribution in [-0.2, 0) is 11.3 Å². The number of benzene rings is 2. The van der Waals surface area contributed by atoms with Crippen molar-refractivity contribution >= 4 is 52.3 Å². The molecule has 7 heteroatoms. The highest BCUT2D eigenvalue weighted by atomic mass is 35.5. The van der Waals surface area contributed by atoms with Gasteiger partial charge in [0.2, 0.25) is 0 Å². The third kappa shape index (κ3) is 4.61. The molecule has 2 heterocycles. The van der Waals surface area contributed by atoms with Crippen LogP contribution < -0.4 is 0 Å². The number of nitrogens with zero attached hydrogens (tertiary/aromatic N) is 1. The van der Waals surface area contributed by atoms with Crippen molar-refractivity contribution in [2.24, 2.45) is 0 Å². The number of hydrogen-bond acceptors (Lipinski definition) is 5. The maximum Gasteiger partial charge on any atom is 0.293 e. The van der Waals surface area contributed by atoms with E-state index in [4.69, 9.17) is 16.0 Å². The van der Waals surface area contributed by atoms with E-state index in [9.17, 15) is 9.59 Å². The van der Waals surface area contributed by atoms with Crippen LogP contribution in [0.3, 0.4) is 0 Å². The van der Waals surface area contributed by atoms with Crippen molar-refractivity contribution in [2.45, 2.75) is 23.5 Å². The molecule has 2 aromatic carbocycles. The molecule has 146 valence electrons. The molecule has 0 atom stereocenters. The fourth-order valence-corrected chi connectivity index (χ4v) is 4.53. The van der Waals surface area contributed by atoms with Crippen molar-refractivity contribution in [3.8, 4) is 0 Å². The second kappa shape index (κ2) is 8.53. The number of imide groups is 1. The van der Waals surface area contributed by atoms with E-state index in [1.54, 1.807) is 12.1 Å². The summed E-state index contributed by atoms with van der Waals surface area (Å²) in [6, 6.07) is 18.8. The summed E-state index contributed by atoms with van der Waals surface area (Å²) in [6.45, 7) is 2.23. The molecule has 1 saturated heterocycles. The number of hydrogen-bond donors (Lipinski definition) is 0. The van der Waals surface area contributed by atoms with Gasteiger partial charge in [0, 0.05) is 16.0 Å². The zero-order valence-corrected chi connectivity index (χ0v) is 17.8. The van der Waals surface area contributed by atoms with Crippen molar-refractivity contribution in [1.29, 1.82) is 0 Å². The summed E-state index contributed by atoms with van der Waals surface area (Å²) in [6.07, 6.45) is 1.62. The van der Waals surface area contributed by atoms with Gasteiger partial charge in [-0.1, -0.05) is 47.6 Å². The molecule has 0 unspecified atom stereocenters. The van der Waals surface area contributed by atoms with Gasteiger partial charge in [-0.15, -0.1) is 0 Å².